The van der Waals surface area contributed by atoms with Gasteiger partial charge in [0.2, 0.25) is 0 Å². The first-order chi connectivity index (χ1) is 5.37. The minimum atomic E-state index is -2.44. The topological polar surface area (TPSA) is 27.7 Å². The molecule has 1 rings (SSSR count). The zero-order valence-electron chi connectivity index (χ0n) is 7.86. The minimum absolute atomic E-state index is 0.125. The van der Waals surface area contributed by atoms with E-state index in [1.54, 1.807) is 0 Å². The van der Waals surface area contributed by atoms with Crippen molar-refractivity contribution >= 4 is 18.5 Å². The lowest BCUT2D eigenvalue weighted by molar-refractivity contribution is -0.0215. The molecule has 2 atom stereocenters. The summed E-state index contributed by atoms with van der Waals surface area (Å²) in [5.41, 5.74) is -0.219. The largest absolute Gasteiger partial charge is 0.327 e. The zero-order chi connectivity index (χ0) is 9.41. The average molecular weight is 210 g/mol. The average Bonchev–Trinajstić information content (AvgIpc) is 1.82. The molecule has 0 saturated carbocycles. The summed E-state index contributed by atoms with van der Waals surface area (Å²) >= 11 is 5.13. The van der Waals surface area contributed by atoms with Crippen LogP contribution in [0.3, 0.4) is 0 Å². The lowest BCUT2D eigenvalue weighted by Crippen LogP contribution is -2.34. The predicted octanol–water partition coefficient (Wildman–Crippen LogP) is 2.46. The highest BCUT2D eigenvalue weighted by Crippen LogP contribution is 2.57. The van der Waals surface area contributed by atoms with Gasteiger partial charge in [-0.2, -0.15) is 0 Å². The van der Waals surface area contributed by atoms with Gasteiger partial charge in [-0.05, 0) is 32.6 Å². The molecule has 0 amide bonds. The maximum Gasteiger partial charge on any atom is 0.327 e. The Balaban J connectivity index is 2.77. The molecule has 1 saturated heterocycles. The molecule has 12 heavy (non-hydrogen) atoms. The summed E-state index contributed by atoms with van der Waals surface area (Å²) in [5.74, 6) is 0. The van der Waals surface area contributed by atoms with E-state index in [4.69, 9.17) is 25.4 Å². The lowest BCUT2D eigenvalue weighted by Gasteiger charge is -2.39. The summed E-state index contributed by atoms with van der Waals surface area (Å²) in [4.78, 5) is 0. The quantitative estimate of drug-likeness (QED) is 0.621. The third kappa shape index (κ3) is 2.51. The smallest absolute Gasteiger partial charge is 0.312 e. The molecule has 0 N–H and O–H groups in total. The van der Waals surface area contributed by atoms with Crippen LogP contribution < -0.4 is 0 Å². The first kappa shape index (κ1) is 10.6. The van der Waals surface area contributed by atoms with Crippen molar-refractivity contribution in [2.75, 3.05) is 7.11 Å². The van der Waals surface area contributed by atoms with Crippen molar-refractivity contribution in [1.29, 1.82) is 0 Å². The maximum absolute atomic E-state index is 5.56. The monoisotopic (exact) mass is 210 g/mol. The molecule has 0 radical (unpaired) electrons. The van der Waals surface area contributed by atoms with Crippen LogP contribution >= 0.6 is 6.72 Å². The highest BCUT2D eigenvalue weighted by molar-refractivity contribution is 8.07. The fourth-order valence-electron chi connectivity index (χ4n) is 1.39. The first-order valence-electron chi connectivity index (χ1n) is 3.92. The number of rotatable bonds is 1. The summed E-state index contributed by atoms with van der Waals surface area (Å²) in [6.45, 7) is 3.56. The Labute approximate surface area is 78.6 Å². The first-order valence-corrected chi connectivity index (χ1v) is 6.47. The third-order valence-corrected chi connectivity index (χ3v) is 4.38. The predicted molar refractivity (Wildman–Crippen MR) is 51.6 cm³/mol. The SMILES string of the molecule is CO[P@@]1(=S)O[C@H](C)CC(C)(C)O1. The van der Waals surface area contributed by atoms with Gasteiger partial charge in [0, 0.05) is 13.5 Å². The van der Waals surface area contributed by atoms with Gasteiger partial charge < -0.3 is 13.6 Å². The Morgan fingerprint density at radius 2 is 2.17 bits per heavy atom. The van der Waals surface area contributed by atoms with Crippen molar-refractivity contribution in [3.8, 4) is 0 Å². The second-order valence-corrected chi connectivity index (χ2v) is 6.60. The van der Waals surface area contributed by atoms with Gasteiger partial charge in [-0.3, -0.25) is 0 Å². The van der Waals surface area contributed by atoms with E-state index in [-0.39, 0.29) is 11.7 Å². The molecule has 5 heteroatoms. The fourth-order valence-corrected chi connectivity index (χ4v) is 3.84. The van der Waals surface area contributed by atoms with Crippen molar-refractivity contribution in [2.45, 2.75) is 38.9 Å². The van der Waals surface area contributed by atoms with Crippen LogP contribution in [0.4, 0.5) is 0 Å². The van der Waals surface area contributed by atoms with Crippen LogP contribution in [0.2, 0.25) is 0 Å². The van der Waals surface area contributed by atoms with Crippen LogP contribution in [-0.4, -0.2) is 18.8 Å². The van der Waals surface area contributed by atoms with Crippen molar-refractivity contribution < 1.29 is 13.6 Å². The summed E-state index contributed by atoms with van der Waals surface area (Å²) in [6, 6.07) is 0. The molecule has 0 aromatic carbocycles. The van der Waals surface area contributed by atoms with Gasteiger partial charge >= 0.3 is 6.72 Å². The minimum Gasteiger partial charge on any atom is -0.312 e. The normalized spacial score (nSPS) is 41.2. The Hall–Kier alpha value is 0.530. The Kier molecular flexibility index (Phi) is 2.96. The van der Waals surface area contributed by atoms with E-state index >= 15 is 0 Å². The molecular weight excluding hydrogens is 195 g/mol. The van der Waals surface area contributed by atoms with E-state index in [9.17, 15) is 0 Å². The standard InChI is InChI=1S/C7H15O3PS/c1-6-5-7(2,3)10-11(12,8-4)9-6/h6H,5H2,1-4H3/t6-,11-/m1/s1. The van der Waals surface area contributed by atoms with Gasteiger partial charge in [0.1, 0.15) is 0 Å². The second kappa shape index (κ2) is 3.35. The van der Waals surface area contributed by atoms with Crippen molar-refractivity contribution in [3.05, 3.63) is 0 Å². The lowest BCUT2D eigenvalue weighted by atomic mass is 10.0. The summed E-state index contributed by atoms with van der Waals surface area (Å²) in [6.07, 6.45) is 0.980. The van der Waals surface area contributed by atoms with Crippen LogP contribution in [0.15, 0.2) is 0 Å². The molecule has 72 valence electrons. The molecule has 0 bridgehead atoms. The molecule has 0 unspecified atom stereocenters. The molecule has 1 fully saturated rings. The molecule has 0 spiro atoms. The highest BCUT2D eigenvalue weighted by atomic mass is 32.5. The number of hydrogen-bond acceptors (Lipinski definition) is 4. The van der Waals surface area contributed by atoms with Crippen LogP contribution in [0.5, 0.6) is 0 Å². The Morgan fingerprint density at radius 3 is 2.58 bits per heavy atom. The molecule has 1 aliphatic rings. The fraction of sp³-hybridized carbons (Fsp3) is 1.00. The van der Waals surface area contributed by atoms with Crippen LogP contribution in [0, 0.1) is 0 Å². The summed E-state index contributed by atoms with van der Waals surface area (Å²) in [7, 11) is 1.54. The molecule has 0 aliphatic carbocycles. The summed E-state index contributed by atoms with van der Waals surface area (Å²) in [5, 5.41) is 0. The van der Waals surface area contributed by atoms with Crippen LogP contribution in [0.1, 0.15) is 27.2 Å². The van der Waals surface area contributed by atoms with Crippen LogP contribution in [-0.2, 0) is 25.4 Å². The van der Waals surface area contributed by atoms with Crippen LogP contribution in [0.25, 0.3) is 0 Å². The molecule has 3 nitrogen and oxygen atoms in total. The van der Waals surface area contributed by atoms with Gasteiger partial charge in [0.05, 0.1) is 11.7 Å². The van der Waals surface area contributed by atoms with Crippen molar-refractivity contribution in [3.63, 3.8) is 0 Å². The van der Waals surface area contributed by atoms with Gasteiger partial charge in [-0.1, -0.05) is 0 Å². The summed E-state index contributed by atoms with van der Waals surface area (Å²) < 4.78 is 16.1. The Bertz CT molecular complexity index is 217. The van der Waals surface area contributed by atoms with E-state index in [0.29, 0.717) is 0 Å². The van der Waals surface area contributed by atoms with Gasteiger partial charge in [0.15, 0.2) is 0 Å². The van der Waals surface area contributed by atoms with E-state index in [0.717, 1.165) is 6.42 Å². The molecule has 1 aliphatic heterocycles. The zero-order valence-corrected chi connectivity index (χ0v) is 9.58. The van der Waals surface area contributed by atoms with Gasteiger partial charge in [-0.15, -0.1) is 0 Å². The van der Waals surface area contributed by atoms with Gasteiger partial charge in [0.25, 0.3) is 0 Å². The Morgan fingerprint density at radius 1 is 1.58 bits per heavy atom. The third-order valence-electron chi connectivity index (χ3n) is 1.67. The molecule has 1 heterocycles. The van der Waals surface area contributed by atoms with E-state index < -0.39 is 6.72 Å². The number of hydrogen-bond donors (Lipinski definition) is 0. The second-order valence-electron chi connectivity index (χ2n) is 3.60. The van der Waals surface area contributed by atoms with E-state index in [1.165, 1.54) is 7.11 Å². The maximum atomic E-state index is 5.56. The molecule has 0 aromatic rings. The van der Waals surface area contributed by atoms with E-state index in [1.807, 2.05) is 20.8 Å². The van der Waals surface area contributed by atoms with E-state index in [2.05, 4.69) is 0 Å². The molecular formula is C7H15O3PS. The highest BCUT2D eigenvalue weighted by Gasteiger charge is 2.38. The molecule has 0 aromatic heterocycles. The van der Waals surface area contributed by atoms with Gasteiger partial charge in [-0.25, -0.2) is 0 Å². The van der Waals surface area contributed by atoms with Crippen molar-refractivity contribution in [2.24, 2.45) is 0 Å². The van der Waals surface area contributed by atoms with Crippen molar-refractivity contribution in [1.82, 2.24) is 0 Å².